The molecule has 1 aromatic carbocycles. The third-order valence-corrected chi connectivity index (χ3v) is 4.32. The van der Waals surface area contributed by atoms with Crippen molar-refractivity contribution in [2.45, 2.75) is 25.8 Å². The van der Waals surface area contributed by atoms with Crippen LogP contribution in [0.2, 0.25) is 0 Å². The minimum atomic E-state index is 0.216. The second kappa shape index (κ2) is 5.44. The zero-order valence-electron chi connectivity index (χ0n) is 11.9. The summed E-state index contributed by atoms with van der Waals surface area (Å²) in [5.74, 6) is 1.32. The van der Waals surface area contributed by atoms with Gasteiger partial charge in [-0.25, -0.2) is 0 Å². The average Bonchev–Trinajstić information content (AvgIpc) is 3.38. The van der Waals surface area contributed by atoms with Crippen LogP contribution >= 0.6 is 0 Å². The van der Waals surface area contributed by atoms with Crippen molar-refractivity contribution < 1.29 is 14.3 Å². The van der Waals surface area contributed by atoms with Gasteiger partial charge in [0.05, 0.1) is 6.61 Å². The predicted octanol–water partition coefficient (Wildman–Crippen LogP) is 2.13. The highest BCUT2D eigenvalue weighted by molar-refractivity contribution is 5.83. The van der Waals surface area contributed by atoms with Crippen LogP contribution in [-0.2, 0) is 16.1 Å². The first-order valence-electron chi connectivity index (χ1n) is 7.22. The highest BCUT2D eigenvalue weighted by Crippen LogP contribution is 2.70. The molecule has 0 bridgehead atoms. The molecule has 1 amide bonds. The molecule has 20 heavy (non-hydrogen) atoms. The van der Waals surface area contributed by atoms with Gasteiger partial charge in [-0.3, -0.25) is 4.79 Å². The van der Waals surface area contributed by atoms with Gasteiger partial charge in [-0.1, -0.05) is 12.1 Å². The SMILES string of the molecule is COCCOc1cccc(CNC(=O)[C@H]2CC23CC3)c1. The predicted molar refractivity (Wildman–Crippen MR) is 75.4 cm³/mol. The monoisotopic (exact) mass is 275 g/mol. The first kappa shape index (κ1) is 13.4. The summed E-state index contributed by atoms with van der Waals surface area (Å²) in [5.41, 5.74) is 1.49. The lowest BCUT2D eigenvalue weighted by Crippen LogP contribution is -2.25. The minimum absolute atomic E-state index is 0.216. The minimum Gasteiger partial charge on any atom is -0.491 e. The molecule has 2 fully saturated rings. The largest absolute Gasteiger partial charge is 0.491 e. The normalized spacial score (nSPS) is 21.6. The zero-order valence-corrected chi connectivity index (χ0v) is 11.9. The number of hydrogen-bond acceptors (Lipinski definition) is 3. The summed E-state index contributed by atoms with van der Waals surface area (Å²) >= 11 is 0. The van der Waals surface area contributed by atoms with Crippen molar-refractivity contribution in [1.29, 1.82) is 0 Å². The molecule has 2 aliphatic rings. The number of amides is 1. The van der Waals surface area contributed by atoms with Crippen molar-refractivity contribution in [3.8, 4) is 5.75 Å². The molecular formula is C16H21NO3. The Labute approximate surface area is 119 Å². The van der Waals surface area contributed by atoms with Gasteiger partial charge in [-0.15, -0.1) is 0 Å². The van der Waals surface area contributed by atoms with E-state index in [0.717, 1.165) is 17.7 Å². The molecular weight excluding hydrogens is 254 g/mol. The lowest BCUT2D eigenvalue weighted by Gasteiger charge is -2.08. The maximum Gasteiger partial charge on any atom is 0.223 e. The van der Waals surface area contributed by atoms with E-state index in [1.807, 2.05) is 24.3 Å². The van der Waals surface area contributed by atoms with Crippen molar-refractivity contribution in [1.82, 2.24) is 5.32 Å². The van der Waals surface area contributed by atoms with Crippen LogP contribution in [0.3, 0.4) is 0 Å². The van der Waals surface area contributed by atoms with Crippen LogP contribution < -0.4 is 10.1 Å². The lowest BCUT2D eigenvalue weighted by molar-refractivity contribution is -0.122. The number of rotatable bonds is 7. The van der Waals surface area contributed by atoms with Crippen LogP contribution in [-0.4, -0.2) is 26.2 Å². The summed E-state index contributed by atoms with van der Waals surface area (Å²) in [7, 11) is 1.65. The summed E-state index contributed by atoms with van der Waals surface area (Å²) in [4.78, 5) is 12.0. The molecule has 0 aliphatic heterocycles. The molecule has 1 spiro atoms. The molecule has 2 aliphatic carbocycles. The molecule has 1 N–H and O–H groups in total. The number of nitrogens with one attached hydrogen (secondary N) is 1. The Morgan fingerprint density at radius 3 is 2.95 bits per heavy atom. The standard InChI is InChI=1S/C16H21NO3/c1-19-7-8-20-13-4-2-3-12(9-13)11-17-15(18)14-10-16(14)5-6-16/h2-4,9,14H,5-8,10-11H2,1H3,(H,17,18)/t14-/m1/s1. The Morgan fingerprint density at radius 1 is 1.40 bits per heavy atom. The van der Waals surface area contributed by atoms with Crippen LogP contribution in [0.5, 0.6) is 5.75 Å². The van der Waals surface area contributed by atoms with Crippen LogP contribution in [0.4, 0.5) is 0 Å². The molecule has 1 atom stereocenters. The maximum atomic E-state index is 12.0. The van der Waals surface area contributed by atoms with Crippen molar-refractivity contribution in [3.05, 3.63) is 29.8 Å². The summed E-state index contributed by atoms with van der Waals surface area (Å²) < 4.78 is 10.5. The van der Waals surface area contributed by atoms with E-state index in [9.17, 15) is 4.79 Å². The summed E-state index contributed by atoms with van der Waals surface area (Å²) in [6, 6.07) is 7.84. The van der Waals surface area contributed by atoms with Crippen LogP contribution in [0, 0.1) is 11.3 Å². The number of benzene rings is 1. The molecule has 0 radical (unpaired) electrons. The van der Waals surface area contributed by atoms with E-state index >= 15 is 0 Å². The third kappa shape index (κ3) is 2.96. The molecule has 4 nitrogen and oxygen atoms in total. The van der Waals surface area contributed by atoms with Gasteiger partial charge in [-0.05, 0) is 42.4 Å². The van der Waals surface area contributed by atoms with Crippen molar-refractivity contribution in [3.63, 3.8) is 0 Å². The highest BCUT2D eigenvalue weighted by Gasteiger charge is 2.65. The molecule has 1 aromatic rings. The third-order valence-electron chi connectivity index (χ3n) is 4.32. The number of carbonyl (C=O) groups is 1. The second-order valence-corrected chi connectivity index (χ2v) is 5.83. The van der Waals surface area contributed by atoms with E-state index in [-0.39, 0.29) is 11.8 Å². The first-order valence-corrected chi connectivity index (χ1v) is 7.22. The molecule has 2 saturated carbocycles. The van der Waals surface area contributed by atoms with Gasteiger partial charge < -0.3 is 14.8 Å². The van der Waals surface area contributed by atoms with Gasteiger partial charge in [0.25, 0.3) is 0 Å². The van der Waals surface area contributed by atoms with E-state index in [2.05, 4.69) is 5.32 Å². The summed E-state index contributed by atoms with van der Waals surface area (Å²) in [6.07, 6.45) is 3.58. The Kier molecular flexibility index (Phi) is 3.66. The Bertz CT molecular complexity index is 496. The first-order chi connectivity index (χ1) is 9.73. The molecule has 4 heteroatoms. The van der Waals surface area contributed by atoms with Gasteiger partial charge in [0.1, 0.15) is 12.4 Å². The van der Waals surface area contributed by atoms with Crippen LogP contribution in [0.15, 0.2) is 24.3 Å². The molecule has 3 rings (SSSR count). The molecule has 0 saturated heterocycles. The Balaban J connectivity index is 1.47. The maximum absolute atomic E-state index is 12.0. The Morgan fingerprint density at radius 2 is 2.25 bits per heavy atom. The van der Waals surface area contributed by atoms with Gasteiger partial charge in [-0.2, -0.15) is 0 Å². The van der Waals surface area contributed by atoms with Crippen LogP contribution in [0.1, 0.15) is 24.8 Å². The fourth-order valence-electron chi connectivity index (χ4n) is 2.73. The zero-order chi connectivity index (χ0) is 14.0. The van der Waals surface area contributed by atoms with Crippen LogP contribution in [0.25, 0.3) is 0 Å². The quantitative estimate of drug-likeness (QED) is 0.775. The topological polar surface area (TPSA) is 47.6 Å². The van der Waals surface area contributed by atoms with Gasteiger partial charge >= 0.3 is 0 Å². The fraction of sp³-hybridized carbons (Fsp3) is 0.562. The van der Waals surface area contributed by atoms with Gasteiger partial charge in [0.2, 0.25) is 5.91 Å². The van der Waals surface area contributed by atoms with E-state index in [1.165, 1.54) is 12.8 Å². The van der Waals surface area contributed by atoms with E-state index in [1.54, 1.807) is 7.11 Å². The number of ether oxygens (including phenoxy) is 2. The van der Waals surface area contributed by atoms with E-state index < -0.39 is 0 Å². The number of methoxy groups -OCH3 is 1. The molecule has 0 aromatic heterocycles. The highest BCUT2D eigenvalue weighted by atomic mass is 16.5. The molecule has 108 valence electrons. The van der Waals surface area contributed by atoms with E-state index in [0.29, 0.717) is 25.2 Å². The van der Waals surface area contributed by atoms with Gasteiger partial charge in [0, 0.05) is 19.6 Å². The fourth-order valence-corrected chi connectivity index (χ4v) is 2.73. The Hall–Kier alpha value is -1.55. The van der Waals surface area contributed by atoms with Crippen molar-refractivity contribution in [2.75, 3.05) is 20.3 Å². The summed E-state index contributed by atoms with van der Waals surface area (Å²) in [5, 5.41) is 3.03. The van der Waals surface area contributed by atoms with E-state index in [4.69, 9.17) is 9.47 Å². The van der Waals surface area contributed by atoms with Crippen molar-refractivity contribution >= 4 is 5.91 Å². The number of hydrogen-bond donors (Lipinski definition) is 1. The van der Waals surface area contributed by atoms with Gasteiger partial charge in [0.15, 0.2) is 0 Å². The van der Waals surface area contributed by atoms with Crippen molar-refractivity contribution in [2.24, 2.45) is 11.3 Å². The molecule has 0 unspecified atom stereocenters. The summed E-state index contributed by atoms with van der Waals surface area (Å²) in [6.45, 7) is 1.69. The number of carbonyl (C=O) groups excluding carboxylic acids is 1. The second-order valence-electron chi connectivity index (χ2n) is 5.83. The average molecular weight is 275 g/mol. The lowest BCUT2D eigenvalue weighted by atomic mass is 10.2. The smallest absolute Gasteiger partial charge is 0.223 e. The molecule has 0 heterocycles.